The van der Waals surface area contributed by atoms with E-state index in [4.69, 9.17) is 22.7 Å². The normalized spacial score (nSPS) is 14.9. The molecule has 2 N–H and O–H groups in total. The lowest BCUT2D eigenvalue weighted by Gasteiger charge is -2.18. The van der Waals surface area contributed by atoms with E-state index >= 15 is 0 Å². The van der Waals surface area contributed by atoms with Gasteiger partial charge in [-0.2, -0.15) is 13.2 Å². The van der Waals surface area contributed by atoms with Crippen molar-refractivity contribution >= 4 is 17.2 Å². The van der Waals surface area contributed by atoms with E-state index in [9.17, 15) is 13.2 Å². The van der Waals surface area contributed by atoms with Crippen LogP contribution in [0.25, 0.3) is 0 Å². The van der Waals surface area contributed by atoms with Gasteiger partial charge in [-0.05, 0) is 37.3 Å². The third-order valence-electron chi connectivity index (χ3n) is 2.90. The van der Waals surface area contributed by atoms with Crippen LogP contribution in [0.1, 0.15) is 29.7 Å². The van der Waals surface area contributed by atoms with Crippen LogP contribution < -0.4 is 10.5 Å². The number of fused-ring (bicyclic) bond motifs is 1. The highest BCUT2D eigenvalue weighted by Gasteiger charge is 2.29. The van der Waals surface area contributed by atoms with Crippen LogP contribution in [-0.2, 0) is 12.8 Å². The summed E-state index contributed by atoms with van der Waals surface area (Å²) in [5.74, 6) is -0.120. The predicted octanol–water partition coefficient (Wildman–Crippen LogP) is 2.54. The molecule has 0 atom stereocenters. The molecular weight excluding hydrogens is 277 g/mol. The Bertz CT molecular complexity index is 502. The molecule has 1 heterocycles. The van der Waals surface area contributed by atoms with Crippen molar-refractivity contribution in [1.82, 2.24) is 4.98 Å². The van der Waals surface area contributed by atoms with Gasteiger partial charge in [-0.25, -0.2) is 4.98 Å². The lowest BCUT2D eigenvalue weighted by Crippen LogP contribution is -2.23. The molecule has 0 fully saturated rings. The maximum absolute atomic E-state index is 12.2. The molecule has 19 heavy (non-hydrogen) atoms. The van der Waals surface area contributed by atoms with Crippen LogP contribution in [0.2, 0.25) is 0 Å². The minimum absolute atomic E-state index is 0.00181. The molecule has 0 amide bonds. The van der Waals surface area contributed by atoms with Gasteiger partial charge in [-0.15, -0.1) is 0 Å². The van der Waals surface area contributed by atoms with Gasteiger partial charge >= 0.3 is 6.18 Å². The van der Waals surface area contributed by atoms with Crippen LogP contribution in [0.3, 0.4) is 0 Å². The van der Waals surface area contributed by atoms with Crippen molar-refractivity contribution in [3.8, 4) is 5.88 Å². The van der Waals surface area contributed by atoms with Crippen LogP contribution in [0, 0.1) is 0 Å². The first-order valence-electron chi connectivity index (χ1n) is 5.89. The molecule has 0 unspecified atom stereocenters. The van der Waals surface area contributed by atoms with Gasteiger partial charge < -0.3 is 10.5 Å². The van der Waals surface area contributed by atoms with Crippen molar-refractivity contribution in [3.63, 3.8) is 0 Å². The van der Waals surface area contributed by atoms with E-state index in [0.29, 0.717) is 0 Å². The minimum atomic E-state index is -4.41. The largest absolute Gasteiger partial charge is 0.467 e. The number of halogens is 3. The monoisotopic (exact) mass is 290 g/mol. The van der Waals surface area contributed by atoms with Gasteiger partial charge in [0.2, 0.25) is 5.88 Å². The van der Waals surface area contributed by atoms with Gasteiger partial charge in [-0.3, -0.25) is 0 Å². The Balaban J connectivity index is 2.32. The minimum Gasteiger partial charge on any atom is -0.467 e. The summed E-state index contributed by atoms with van der Waals surface area (Å²) in [6.07, 6.45) is -0.808. The van der Waals surface area contributed by atoms with Crippen LogP contribution in [0.4, 0.5) is 13.2 Å². The number of alkyl halides is 3. The number of nitrogens with two attached hydrogens (primary N) is 1. The number of nitrogens with zero attached hydrogens (tertiary/aromatic N) is 1. The van der Waals surface area contributed by atoms with E-state index in [2.05, 4.69) is 4.98 Å². The molecule has 1 aromatic rings. The van der Waals surface area contributed by atoms with E-state index in [1.807, 2.05) is 0 Å². The van der Waals surface area contributed by atoms with Gasteiger partial charge in [0, 0.05) is 5.69 Å². The second-order valence-corrected chi connectivity index (χ2v) is 4.86. The fourth-order valence-corrected chi connectivity index (χ4v) is 2.20. The van der Waals surface area contributed by atoms with Crippen molar-refractivity contribution in [2.45, 2.75) is 31.9 Å². The average molecular weight is 290 g/mol. The van der Waals surface area contributed by atoms with Crippen LogP contribution in [-0.4, -0.2) is 22.8 Å². The molecule has 0 saturated carbocycles. The van der Waals surface area contributed by atoms with Crippen molar-refractivity contribution in [2.75, 3.05) is 6.61 Å². The summed E-state index contributed by atoms with van der Waals surface area (Å²) in [6.45, 7) is -1.39. The third-order valence-corrected chi connectivity index (χ3v) is 3.12. The Morgan fingerprint density at radius 1 is 1.37 bits per heavy atom. The fraction of sp³-hybridized carbons (Fsp3) is 0.500. The molecule has 1 aromatic heterocycles. The Morgan fingerprint density at radius 3 is 2.68 bits per heavy atom. The average Bonchev–Trinajstić information content (AvgIpc) is 2.34. The number of hydrogen-bond acceptors (Lipinski definition) is 3. The van der Waals surface area contributed by atoms with Gasteiger partial charge in [-0.1, -0.05) is 12.2 Å². The first-order valence-corrected chi connectivity index (χ1v) is 6.30. The molecule has 7 heteroatoms. The SMILES string of the molecule is NC(=S)c1cc2c(nc1OCC(F)(F)F)CCCC2. The molecule has 0 bridgehead atoms. The number of ether oxygens (including phenoxy) is 1. The zero-order valence-corrected chi connectivity index (χ0v) is 10.9. The summed E-state index contributed by atoms with van der Waals surface area (Å²) in [4.78, 5) is 4.15. The molecule has 1 aliphatic rings. The van der Waals surface area contributed by atoms with Gasteiger partial charge in [0.15, 0.2) is 6.61 Å². The van der Waals surface area contributed by atoms with Gasteiger partial charge in [0.05, 0.1) is 5.56 Å². The number of rotatable bonds is 3. The molecule has 0 saturated heterocycles. The van der Waals surface area contributed by atoms with E-state index < -0.39 is 12.8 Å². The van der Waals surface area contributed by atoms with Gasteiger partial charge in [0.1, 0.15) is 4.99 Å². The Labute approximate surface area is 114 Å². The zero-order chi connectivity index (χ0) is 14.0. The zero-order valence-electron chi connectivity index (χ0n) is 10.1. The smallest absolute Gasteiger partial charge is 0.422 e. The molecule has 3 nitrogen and oxygen atoms in total. The maximum Gasteiger partial charge on any atom is 0.422 e. The summed E-state index contributed by atoms with van der Waals surface area (Å²) >= 11 is 4.84. The second-order valence-electron chi connectivity index (χ2n) is 4.42. The van der Waals surface area contributed by atoms with Crippen LogP contribution >= 0.6 is 12.2 Å². The van der Waals surface area contributed by atoms with Crippen molar-refractivity contribution in [3.05, 3.63) is 22.9 Å². The summed E-state index contributed by atoms with van der Waals surface area (Å²) in [7, 11) is 0. The first kappa shape index (κ1) is 14.0. The molecular formula is C12H13F3N2OS. The van der Waals surface area contributed by atoms with E-state index in [1.165, 1.54) is 0 Å². The number of thiocarbonyl (C=S) groups is 1. The summed E-state index contributed by atoms with van der Waals surface area (Å²) in [5.41, 5.74) is 7.57. The molecule has 0 aromatic carbocycles. The standard InChI is InChI=1S/C12H13F3N2OS/c13-12(14,15)6-18-11-8(10(16)19)5-7-3-1-2-4-9(7)17-11/h5H,1-4,6H2,(H2,16,19). The quantitative estimate of drug-likeness (QED) is 0.869. The third kappa shape index (κ3) is 3.56. The fourth-order valence-electron chi connectivity index (χ4n) is 2.05. The predicted molar refractivity (Wildman–Crippen MR) is 68.3 cm³/mol. The number of hydrogen-bond donors (Lipinski definition) is 1. The number of pyridine rings is 1. The van der Waals surface area contributed by atoms with E-state index in [0.717, 1.165) is 36.9 Å². The molecule has 0 aliphatic heterocycles. The highest BCUT2D eigenvalue weighted by molar-refractivity contribution is 7.80. The van der Waals surface area contributed by atoms with Crippen molar-refractivity contribution in [1.29, 1.82) is 0 Å². The Kier molecular flexibility index (Phi) is 3.93. The first-order chi connectivity index (χ1) is 8.87. The Hall–Kier alpha value is -1.37. The lowest BCUT2D eigenvalue weighted by molar-refractivity contribution is -0.154. The number of aromatic nitrogens is 1. The second kappa shape index (κ2) is 5.32. The highest BCUT2D eigenvalue weighted by atomic mass is 32.1. The van der Waals surface area contributed by atoms with E-state index in [1.54, 1.807) is 6.07 Å². The Morgan fingerprint density at radius 2 is 2.05 bits per heavy atom. The van der Waals surface area contributed by atoms with Crippen molar-refractivity contribution < 1.29 is 17.9 Å². The van der Waals surface area contributed by atoms with Gasteiger partial charge in [0.25, 0.3) is 0 Å². The summed E-state index contributed by atoms with van der Waals surface area (Å²) < 4.78 is 41.3. The van der Waals surface area contributed by atoms with Crippen LogP contribution in [0.5, 0.6) is 5.88 Å². The highest BCUT2D eigenvalue weighted by Crippen LogP contribution is 2.27. The summed E-state index contributed by atoms with van der Waals surface area (Å²) in [5, 5.41) is 0. The topological polar surface area (TPSA) is 48.1 Å². The van der Waals surface area contributed by atoms with Crippen LogP contribution in [0.15, 0.2) is 6.07 Å². The maximum atomic E-state index is 12.2. The number of aryl methyl sites for hydroxylation is 2. The molecule has 2 rings (SSSR count). The molecule has 0 spiro atoms. The summed E-state index contributed by atoms with van der Waals surface area (Å²) in [6, 6.07) is 1.70. The molecule has 104 valence electrons. The van der Waals surface area contributed by atoms with E-state index in [-0.39, 0.29) is 16.4 Å². The molecule has 0 radical (unpaired) electrons. The molecule has 1 aliphatic carbocycles. The van der Waals surface area contributed by atoms with Crippen molar-refractivity contribution in [2.24, 2.45) is 5.73 Å². The lowest BCUT2D eigenvalue weighted by atomic mass is 9.95.